The highest BCUT2D eigenvalue weighted by Gasteiger charge is 2.53. The van der Waals surface area contributed by atoms with E-state index in [9.17, 15) is 14.4 Å². The molecule has 8 nitrogen and oxygen atoms in total. The summed E-state index contributed by atoms with van der Waals surface area (Å²) in [5.74, 6) is 0.530. The lowest BCUT2D eigenvalue weighted by Gasteiger charge is -2.49. The van der Waals surface area contributed by atoms with Crippen molar-refractivity contribution >= 4 is 36.4 Å². The van der Waals surface area contributed by atoms with Gasteiger partial charge in [-0.05, 0) is 83.7 Å². The molecule has 9 heteroatoms. The molecule has 3 aliphatic heterocycles. The molecule has 3 heterocycles. The van der Waals surface area contributed by atoms with E-state index in [4.69, 9.17) is 9.16 Å². The summed E-state index contributed by atoms with van der Waals surface area (Å²) in [6.07, 6.45) is 6.55. The second-order valence-corrected chi connectivity index (χ2v) is 19.7. The lowest BCUT2D eigenvalue weighted by Crippen LogP contribution is -2.68. The monoisotopic (exact) mass is 679 g/mol. The number of carbonyl (C=O) groups excluding carboxylic acids is 3. The Balaban J connectivity index is 0.968. The van der Waals surface area contributed by atoms with E-state index in [1.165, 1.54) is 23.2 Å². The normalized spacial score (nSPS) is 24.7. The smallest absolute Gasteiger partial charge is 0.261 e. The molecule has 3 fully saturated rings. The number of likely N-dealkylation sites (tertiary alicyclic amines) is 1. The van der Waals surface area contributed by atoms with Crippen LogP contribution in [0.4, 0.5) is 0 Å². The first-order chi connectivity index (χ1) is 23.6. The van der Waals surface area contributed by atoms with Gasteiger partial charge in [0.1, 0.15) is 18.4 Å². The number of hydrogen-bond donors (Lipinski definition) is 1. The highest BCUT2D eigenvalue weighted by molar-refractivity contribution is 6.99. The van der Waals surface area contributed by atoms with Crippen molar-refractivity contribution in [2.24, 2.45) is 5.92 Å². The molecule has 0 radical (unpaired) electrons. The van der Waals surface area contributed by atoms with Gasteiger partial charge in [0.25, 0.3) is 14.2 Å². The van der Waals surface area contributed by atoms with Crippen LogP contribution in [-0.4, -0.2) is 73.7 Å². The molecule has 1 saturated carbocycles. The molecular weight excluding hydrogens is 631 g/mol. The first-order valence-electron chi connectivity index (χ1n) is 18.1. The summed E-state index contributed by atoms with van der Waals surface area (Å²) in [6, 6.07) is 27.2. The molecule has 2 saturated heterocycles. The number of fused-ring (bicyclic) bond motifs is 1. The molecule has 49 heavy (non-hydrogen) atoms. The Kier molecular flexibility index (Phi) is 9.52. The van der Waals surface area contributed by atoms with E-state index in [-0.39, 0.29) is 29.4 Å². The fourth-order valence-corrected chi connectivity index (χ4v) is 13.2. The third-order valence-corrected chi connectivity index (χ3v) is 16.2. The zero-order valence-corrected chi connectivity index (χ0v) is 30.0. The van der Waals surface area contributed by atoms with Gasteiger partial charge >= 0.3 is 0 Å². The number of piperidine rings is 2. The van der Waals surface area contributed by atoms with Gasteiger partial charge in [-0.1, -0.05) is 87.9 Å². The van der Waals surface area contributed by atoms with E-state index in [0.29, 0.717) is 37.1 Å². The molecule has 2 atom stereocenters. The summed E-state index contributed by atoms with van der Waals surface area (Å²) >= 11 is 0. The number of rotatable bonds is 10. The predicted molar refractivity (Wildman–Crippen MR) is 192 cm³/mol. The van der Waals surface area contributed by atoms with Crippen LogP contribution in [0.1, 0.15) is 81.6 Å². The lowest BCUT2D eigenvalue weighted by molar-refractivity contribution is -0.136. The Morgan fingerprint density at radius 3 is 2.22 bits per heavy atom. The predicted octanol–water partition coefficient (Wildman–Crippen LogP) is 5.04. The molecule has 3 amide bonds. The number of amides is 3. The minimum absolute atomic E-state index is 0.0236. The maximum absolute atomic E-state index is 13.1. The average molecular weight is 680 g/mol. The van der Waals surface area contributed by atoms with Crippen molar-refractivity contribution < 1.29 is 23.5 Å². The first kappa shape index (κ1) is 33.7. The molecule has 1 aliphatic carbocycles. The van der Waals surface area contributed by atoms with Crippen LogP contribution in [0.2, 0.25) is 5.04 Å². The highest BCUT2D eigenvalue weighted by atomic mass is 28.4. The van der Waals surface area contributed by atoms with E-state index in [1.807, 2.05) is 18.2 Å². The summed E-state index contributed by atoms with van der Waals surface area (Å²) in [5, 5.41) is 5.02. The van der Waals surface area contributed by atoms with Crippen molar-refractivity contribution in [3.8, 4) is 5.75 Å². The minimum atomic E-state index is -2.55. The molecule has 3 aromatic rings. The van der Waals surface area contributed by atoms with Crippen molar-refractivity contribution in [2.45, 2.75) is 95.5 Å². The van der Waals surface area contributed by atoms with Gasteiger partial charge in [-0.2, -0.15) is 0 Å². The van der Waals surface area contributed by atoms with Crippen molar-refractivity contribution in [1.29, 1.82) is 0 Å². The van der Waals surface area contributed by atoms with Crippen LogP contribution in [0.25, 0.3) is 0 Å². The minimum Gasteiger partial charge on any atom is -0.492 e. The Hall–Kier alpha value is -3.79. The number of carbonyl (C=O) groups is 3. The van der Waals surface area contributed by atoms with Gasteiger partial charge in [-0.3, -0.25) is 24.6 Å². The van der Waals surface area contributed by atoms with E-state index < -0.39 is 20.3 Å². The number of imide groups is 1. The summed E-state index contributed by atoms with van der Waals surface area (Å²) < 4.78 is 13.8. The molecule has 1 N–H and O–H groups in total. The first-order valence-corrected chi connectivity index (χ1v) is 20.0. The fraction of sp³-hybridized carbons (Fsp3) is 0.475. The molecule has 3 aromatic carbocycles. The molecule has 4 aliphatic rings. The van der Waals surface area contributed by atoms with Crippen molar-refractivity contribution in [3.05, 3.63) is 90.0 Å². The van der Waals surface area contributed by atoms with Crippen molar-refractivity contribution in [3.63, 3.8) is 0 Å². The standard InChI is InChI=1S/C40H49N3O5Si/c1-40(2,3)49(33-13-6-4-7-14-33,34-15-8-5-9-16-34)48-32-22-28(23-32)25-42-21-11-10-12-30(42)27-47-31-17-18-35-29(24-31)26-43(39(35)46)36-19-20-37(44)41-38(36)45/h4-9,13-18,24,28,30,32,36H,10-12,19-23,25-27H2,1-3H3,(H,41,44,45)/t28?,30-,32?,36-/m1/s1. The number of ether oxygens (including phenoxy) is 1. The Bertz CT molecular complexity index is 1630. The molecule has 0 spiro atoms. The highest BCUT2D eigenvalue weighted by Crippen LogP contribution is 2.42. The molecule has 0 bridgehead atoms. The number of nitrogens with one attached hydrogen (secondary N) is 1. The Morgan fingerprint density at radius 1 is 0.878 bits per heavy atom. The number of nitrogens with zero attached hydrogens (tertiary/aromatic N) is 2. The molecule has 258 valence electrons. The van der Waals surface area contributed by atoms with E-state index in [1.54, 1.807) is 4.90 Å². The maximum atomic E-state index is 13.1. The lowest BCUT2D eigenvalue weighted by atomic mass is 9.81. The maximum Gasteiger partial charge on any atom is 0.261 e. The summed E-state index contributed by atoms with van der Waals surface area (Å²) in [7, 11) is -2.55. The van der Waals surface area contributed by atoms with Gasteiger partial charge in [0.15, 0.2) is 0 Å². The van der Waals surface area contributed by atoms with Crippen LogP contribution < -0.4 is 20.4 Å². The number of hydrogen-bond acceptors (Lipinski definition) is 6. The van der Waals surface area contributed by atoms with Gasteiger partial charge in [0, 0.05) is 37.2 Å². The van der Waals surface area contributed by atoms with E-state index in [0.717, 1.165) is 43.7 Å². The van der Waals surface area contributed by atoms with E-state index in [2.05, 4.69) is 91.7 Å². The Morgan fingerprint density at radius 2 is 1.57 bits per heavy atom. The second-order valence-electron chi connectivity index (χ2n) is 15.4. The zero-order chi connectivity index (χ0) is 34.2. The van der Waals surface area contributed by atoms with Gasteiger partial charge in [0.2, 0.25) is 11.8 Å². The quantitative estimate of drug-likeness (QED) is 0.239. The van der Waals surface area contributed by atoms with Gasteiger partial charge in [-0.25, -0.2) is 0 Å². The topological polar surface area (TPSA) is 88.2 Å². The molecule has 0 unspecified atom stereocenters. The van der Waals surface area contributed by atoms with Crippen LogP contribution in [0.3, 0.4) is 0 Å². The molecular formula is C40H49N3O5Si. The van der Waals surface area contributed by atoms with E-state index >= 15 is 0 Å². The third-order valence-electron chi connectivity index (χ3n) is 11.1. The van der Waals surface area contributed by atoms with Gasteiger partial charge in [0.05, 0.1) is 0 Å². The van der Waals surface area contributed by atoms with Gasteiger partial charge < -0.3 is 14.1 Å². The zero-order valence-electron chi connectivity index (χ0n) is 29.0. The molecule has 7 rings (SSSR count). The average Bonchev–Trinajstić information content (AvgIpc) is 3.40. The van der Waals surface area contributed by atoms with Crippen molar-refractivity contribution in [2.75, 3.05) is 19.7 Å². The fourth-order valence-electron chi connectivity index (χ4n) is 8.51. The van der Waals surface area contributed by atoms with Crippen LogP contribution in [-0.2, 0) is 20.6 Å². The summed E-state index contributed by atoms with van der Waals surface area (Å²) in [5.41, 5.74) is 1.48. The largest absolute Gasteiger partial charge is 0.492 e. The van der Waals surface area contributed by atoms with Crippen LogP contribution in [0.5, 0.6) is 5.75 Å². The van der Waals surface area contributed by atoms with Crippen molar-refractivity contribution in [1.82, 2.24) is 15.1 Å². The Labute approximate surface area is 291 Å². The van der Waals surface area contributed by atoms with Crippen LogP contribution in [0, 0.1) is 5.92 Å². The third kappa shape index (κ3) is 6.73. The van der Waals surface area contributed by atoms with Crippen LogP contribution >= 0.6 is 0 Å². The molecule has 0 aromatic heterocycles. The summed E-state index contributed by atoms with van der Waals surface area (Å²) in [4.78, 5) is 41.4. The van der Waals surface area contributed by atoms with Gasteiger partial charge in [-0.15, -0.1) is 0 Å². The van der Waals surface area contributed by atoms with Crippen LogP contribution in [0.15, 0.2) is 78.9 Å². The second kappa shape index (κ2) is 13.8. The number of benzene rings is 3. The summed E-state index contributed by atoms with van der Waals surface area (Å²) in [6.45, 7) is 10.2. The SMILES string of the molecule is CC(C)(C)[Si](OC1CC(CN2CCCC[C@@H]2COc2ccc3c(c2)CN([C@@H]2CCC(=O)NC2=O)C3=O)C1)(c1ccccc1)c1ccccc1.